The van der Waals surface area contributed by atoms with E-state index in [-0.39, 0.29) is 17.7 Å². The molecule has 1 aromatic heterocycles. The van der Waals surface area contributed by atoms with Gasteiger partial charge in [-0.2, -0.15) is 5.10 Å². The van der Waals surface area contributed by atoms with Crippen LogP contribution in [0.2, 0.25) is 0 Å². The summed E-state index contributed by atoms with van der Waals surface area (Å²) in [5.74, 6) is -0.188. The number of hydrazone groups is 1. The van der Waals surface area contributed by atoms with Crippen molar-refractivity contribution in [2.45, 2.75) is 19.8 Å². The van der Waals surface area contributed by atoms with Crippen molar-refractivity contribution < 1.29 is 9.59 Å². The Hall–Kier alpha value is -3.02. The van der Waals surface area contributed by atoms with E-state index in [1.807, 2.05) is 48.2 Å². The maximum Gasteiger partial charge on any atom is 0.254 e. The lowest BCUT2D eigenvalue weighted by Crippen LogP contribution is -2.42. The molecular formula is C20H22N4O2. The van der Waals surface area contributed by atoms with E-state index >= 15 is 0 Å². The van der Waals surface area contributed by atoms with Gasteiger partial charge >= 0.3 is 0 Å². The van der Waals surface area contributed by atoms with Crippen molar-refractivity contribution in [3.8, 4) is 0 Å². The minimum absolute atomic E-state index is 0.0385. The number of pyridine rings is 1. The first-order valence-corrected chi connectivity index (χ1v) is 8.73. The van der Waals surface area contributed by atoms with Crippen LogP contribution in [0.5, 0.6) is 0 Å². The Morgan fingerprint density at radius 1 is 1.19 bits per heavy atom. The monoisotopic (exact) mass is 350 g/mol. The highest BCUT2D eigenvalue weighted by molar-refractivity contribution is 5.95. The number of rotatable bonds is 4. The summed E-state index contributed by atoms with van der Waals surface area (Å²) in [6.07, 6.45) is 6.22. The Kier molecular flexibility index (Phi) is 5.73. The zero-order chi connectivity index (χ0) is 18.4. The van der Waals surface area contributed by atoms with E-state index in [1.54, 1.807) is 18.6 Å². The molecule has 2 amide bonds. The molecule has 0 saturated carbocycles. The molecule has 1 aliphatic rings. The van der Waals surface area contributed by atoms with Crippen LogP contribution in [0.15, 0.2) is 53.9 Å². The van der Waals surface area contributed by atoms with Gasteiger partial charge in [0.2, 0.25) is 5.91 Å². The number of benzene rings is 1. The Bertz CT molecular complexity index is 796. The SMILES string of the molecule is Cc1ccccc1C(=O)N1CCC(C(=O)NN=Cc2cccnc2)CC1. The Balaban J connectivity index is 1.50. The number of likely N-dealkylation sites (tertiary alicyclic amines) is 1. The lowest BCUT2D eigenvalue weighted by atomic mass is 9.95. The van der Waals surface area contributed by atoms with Crippen LogP contribution in [0.1, 0.15) is 34.3 Å². The van der Waals surface area contributed by atoms with Crippen LogP contribution in [0.3, 0.4) is 0 Å². The summed E-state index contributed by atoms with van der Waals surface area (Å²) in [7, 11) is 0. The van der Waals surface area contributed by atoms with Gasteiger partial charge in [0.15, 0.2) is 0 Å². The first-order valence-electron chi connectivity index (χ1n) is 8.73. The predicted molar refractivity (Wildman–Crippen MR) is 99.8 cm³/mol. The van der Waals surface area contributed by atoms with Crippen molar-refractivity contribution in [3.63, 3.8) is 0 Å². The van der Waals surface area contributed by atoms with E-state index in [9.17, 15) is 9.59 Å². The second-order valence-electron chi connectivity index (χ2n) is 6.40. The Morgan fingerprint density at radius 2 is 1.96 bits per heavy atom. The summed E-state index contributed by atoms with van der Waals surface area (Å²) in [6.45, 7) is 3.10. The van der Waals surface area contributed by atoms with Crippen molar-refractivity contribution in [3.05, 3.63) is 65.5 Å². The summed E-state index contributed by atoms with van der Waals surface area (Å²) in [4.78, 5) is 30.7. The van der Waals surface area contributed by atoms with Crippen LogP contribution < -0.4 is 5.43 Å². The zero-order valence-corrected chi connectivity index (χ0v) is 14.8. The number of piperidine rings is 1. The van der Waals surface area contributed by atoms with Crippen LogP contribution in [-0.4, -0.2) is 41.0 Å². The molecule has 1 aromatic carbocycles. The van der Waals surface area contributed by atoms with Gasteiger partial charge in [-0.1, -0.05) is 24.3 Å². The number of hydrogen-bond acceptors (Lipinski definition) is 4. The maximum atomic E-state index is 12.6. The largest absolute Gasteiger partial charge is 0.339 e. The van der Waals surface area contributed by atoms with Gasteiger partial charge in [-0.25, -0.2) is 5.43 Å². The highest BCUT2D eigenvalue weighted by Crippen LogP contribution is 2.20. The molecule has 1 fully saturated rings. The Labute approximate surface area is 152 Å². The summed E-state index contributed by atoms with van der Waals surface area (Å²) < 4.78 is 0. The van der Waals surface area contributed by atoms with Crippen molar-refractivity contribution in [1.29, 1.82) is 0 Å². The van der Waals surface area contributed by atoms with E-state index in [4.69, 9.17) is 0 Å². The van der Waals surface area contributed by atoms with Crippen LogP contribution in [0.25, 0.3) is 0 Å². The fraction of sp³-hybridized carbons (Fsp3) is 0.300. The zero-order valence-electron chi connectivity index (χ0n) is 14.8. The minimum Gasteiger partial charge on any atom is -0.339 e. The number of nitrogens with zero attached hydrogens (tertiary/aromatic N) is 3. The highest BCUT2D eigenvalue weighted by atomic mass is 16.2. The molecule has 1 N–H and O–H groups in total. The Morgan fingerprint density at radius 3 is 2.65 bits per heavy atom. The predicted octanol–water partition coefficient (Wildman–Crippen LogP) is 2.39. The van der Waals surface area contributed by atoms with Crippen molar-refractivity contribution in [2.75, 3.05) is 13.1 Å². The molecule has 0 aliphatic carbocycles. The summed E-state index contributed by atoms with van der Waals surface area (Å²) in [5, 5.41) is 3.98. The first-order chi connectivity index (χ1) is 12.6. The van der Waals surface area contributed by atoms with E-state index in [0.29, 0.717) is 25.9 Å². The normalized spacial score (nSPS) is 15.2. The van der Waals surface area contributed by atoms with Crippen LogP contribution in [-0.2, 0) is 4.79 Å². The van der Waals surface area contributed by atoms with Crippen LogP contribution in [0, 0.1) is 12.8 Å². The van der Waals surface area contributed by atoms with Crippen LogP contribution in [0.4, 0.5) is 0 Å². The van der Waals surface area contributed by atoms with Crippen molar-refractivity contribution >= 4 is 18.0 Å². The number of amides is 2. The molecule has 2 heterocycles. The van der Waals surface area contributed by atoms with Gasteiger partial charge in [-0.15, -0.1) is 0 Å². The number of aryl methyl sites for hydroxylation is 1. The van der Waals surface area contributed by atoms with Gasteiger partial charge < -0.3 is 4.90 Å². The highest BCUT2D eigenvalue weighted by Gasteiger charge is 2.28. The summed E-state index contributed by atoms with van der Waals surface area (Å²) >= 11 is 0. The quantitative estimate of drug-likeness (QED) is 0.680. The molecule has 0 bridgehead atoms. The average molecular weight is 350 g/mol. The molecule has 0 atom stereocenters. The van der Waals surface area contributed by atoms with Crippen molar-refractivity contribution in [1.82, 2.24) is 15.3 Å². The maximum absolute atomic E-state index is 12.6. The molecule has 0 radical (unpaired) electrons. The smallest absolute Gasteiger partial charge is 0.254 e. The third-order valence-electron chi connectivity index (χ3n) is 4.60. The van der Waals surface area contributed by atoms with Gasteiger partial charge in [0.25, 0.3) is 5.91 Å². The van der Waals surface area contributed by atoms with Gasteiger partial charge in [0.1, 0.15) is 0 Å². The molecule has 2 aromatic rings. The van der Waals surface area contributed by atoms with E-state index in [2.05, 4.69) is 15.5 Å². The molecule has 6 heteroatoms. The molecular weight excluding hydrogens is 328 g/mol. The number of hydrogen-bond donors (Lipinski definition) is 1. The van der Waals surface area contributed by atoms with E-state index in [1.165, 1.54) is 0 Å². The second kappa shape index (κ2) is 8.38. The molecule has 0 unspecified atom stereocenters. The third kappa shape index (κ3) is 4.33. The number of nitrogens with one attached hydrogen (secondary N) is 1. The molecule has 3 rings (SSSR count). The third-order valence-corrected chi connectivity index (χ3v) is 4.60. The fourth-order valence-corrected chi connectivity index (χ4v) is 3.04. The minimum atomic E-state index is -0.123. The lowest BCUT2D eigenvalue weighted by Gasteiger charge is -2.31. The number of carbonyl (C=O) groups excluding carboxylic acids is 2. The standard InChI is InChI=1S/C20H22N4O2/c1-15-5-2-3-7-18(15)20(26)24-11-8-17(9-12-24)19(25)23-22-14-16-6-4-10-21-13-16/h2-7,10,13-14,17H,8-9,11-12H2,1H3,(H,23,25). The van der Waals surface area contributed by atoms with Crippen molar-refractivity contribution in [2.24, 2.45) is 11.0 Å². The molecule has 1 aliphatic heterocycles. The first kappa shape index (κ1) is 17.8. The molecule has 1 saturated heterocycles. The lowest BCUT2D eigenvalue weighted by molar-refractivity contribution is -0.126. The number of aromatic nitrogens is 1. The average Bonchev–Trinajstić information content (AvgIpc) is 2.69. The summed E-state index contributed by atoms with van der Waals surface area (Å²) in [5.41, 5.74) is 5.12. The van der Waals surface area contributed by atoms with Crippen LogP contribution >= 0.6 is 0 Å². The van der Waals surface area contributed by atoms with Gasteiger partial charge in [0, 0.05) is 42.5 Å². The van der Waals surface area contributed by atoms with Gasteiger partial charge in [0.05, 0.1) is 6.21 Å². The topological polar surface area (TPSA) is 74.7 Å². The molecule has 134 valence electrons. The van der Waals surface area contributed by atoms with E-state index in [0.717, 1.165) is 16.7 Å². The van der Waals surface area contributed by atoms with E-state index < -0.39 is 0 Å². The summed E-state index contributed by atoms with van der Waals surface area (Å²) in [6, 6.07) is 11.3. The fourth-order valence-electron chi connectivity index (χ4n) is 3.04. The second-order valence-corrected chi connectivity index (χ2v) is 6.40. The molecule has 6 nitrogen and oxygen atoms in total. The molecule has 26 heavy (non-hydrogen) atoms. The van der Waals surface area contributed by atoms with Gasteiger partial charge in [-0.05, 0) is 37.5 Å². The molecule has 0 spiro atoms. The van der Waals surface area contributed by atoms with Gasteiger partial charge in [-0.3, -0.25) is 14.6 Å². The number of carbonyl (C=O) groups is 2.